The summed E-state index contributed by atoms with van der Waals surface area (Å²) < 4.78 is 0. The maximum atomic E-state index is 6.20. The van der Waals surface area contributed by atoms with Crippen LogP contribution in [0.15, 0.2) is 35.3 Å². The fraction of sp³-hybridized carbons (Fsp3) is 0.417. The Hall–Kier alpha value is -0.820. The summed E-state index contributed by atoms with van der Waals surface area (Å²) in [5, 5.41) is 0.156. The van der Waals surface area contributed by atoms with E-state index in [1.165, 1.54) is 12.8 Å². The minimum atomic E-state index is 0.156. The van der Waals surface area contributed by atoms with Crippen molar-refractivity contribution in [1.29, 1.82) is 0 Å². The molecule has 14 heavy (non-hydrogen) atoms. The van der Waals surface area contributed by atoms with Gasteiger partial charge in [0, 0.05) is 5.71 Å². The van der Waals surface area contributed by atoms with E-state index in [0.717, 1.165) is 24.2 Å². The van der Waals surface area contributed by atoms with Gasteiger partial charge in [0.1, 0.15) is 0 Å². The van der Waals surface area contributed by atoms with Crippen LogP contribution in [0, 0.1) is 0 Å². The van der Waals surface area contributed by atoms with E-state index in [4.69, 9.17) is 11.6 Å². The lowest BCUT2D eigenvalue weighted by atomic mass is 9.98. The van der Waals surface area contributed by atoms with Crippen molar-refractivity contribution in [2.75, 3.05) is 0 Å². The van der Waals surface area contributed by atoms with Gasteiger partial charge < -0.3 is 0 Å². The Morgan fingerprint density at radius 3 is 2.64 bits per heavy atom. The van der Waals surface area contributed by atoms with Crippen molar-refractivity contribution >= 4 is 23.0 Å². The normalized spacial score (nSPS) is 25.2. The highest BCUT2D eigenvalue weighted by Crippen LogP contribution is 2.23. The lowest BCUT2D eigenvalue weighted by Gasteiger charge is -2.18. The molecular weight excluding hydrogens is 194 g/mol. The maximum absolute atomic E-state index is 6.20. The first-order valence-corrected chi connectivity index (χ1v) is 5.56. The second kappa shape index (κ2) is 4.61. The van der Waals surface area contributed by atoms with Crippen LogP contribution in [0.25, 0.3) is 0 Å². The fourth-order valence-corrected chi connectivity index (χ4v) is 2.06. The van der Waals surface area contributed by atoms with Gasteiger partial charge in [0.05, 0.1) is 11.1 Å². The molecular formula is C12H14ClN. The van der Waals surface area contributed by atoms with Crippen LogP contribution in [0.4, 0.5) is 5.69 Å². The summed E-state index contributed by atoms with van der Waals surface area (Å²) in [4.78, 5) is 4.58. The monoisotopic (exact) mass is 207 g/mol. The summed E-state index contributed by atoms with van der Waals surface area (Å²) in [6, 6.07) is 10.1. The minimum Gasteiger partial charge on any atom is -0.256 e. The number of hydrogen-bond acceptors (Lipinski definition) is 1. The topological polar surface area (TPSA) is 12.4 Å². The van der Waals surface area contributed by atoms with Crippen molar-refractivity contribution in [3.8, 4) is 0 Å². The van der Waals surface area contributed by atoms with Gasteiger partial charge in [-0.15, -0.1) is 11.6 Å². The summed E-state index contributed by atoms with van der Waals surface area (Å²) in [5.74, 6) is 0. The van der Waals surface area contributed by atoms with Gasteiger partial charge in [0.2, 0.25) is 0 Å². The van der Waals surface area contributed by atoms with Crippen LogP contribution in [0.3, 0.4) is 0 Å². The molecule has 0 spiro atoms. The van der Waals surface area contributed by atoms with Crippen molar-refractivity contribution in [2.45, 2.75) is 31.1 Å². The third-order valence-corrected chi connectivity index (χ3v) is 3.00. The molecule has 0 saturated heterocycles. The van der Waals surface area contributed by atoms with Crippen LogP contribution >= 0.6 is 11.6 Å². The van der Waals surface area contributed by atoms with Crippen LogP contribution in [0.5, 0.6) is 0 Å². The van der Waals surface area contributed by atoms with E-state index < -0.39 is 0 Å². The Kier molecular flexibility index (Phi) is 3.20. The average molecular weight is 208 g/mol. The number of halogens is 1. The third-order valence-electron chi connectivity index (χ3n) is 2.53. The van der Waals surface area contributed by atoms with Crippen LogP contribution in [-0.4, -0.2) is 11.1 Å². The SMILES string of the molecule is ClC1CCCCC1=Nc1ccccc1. The molecule has 74 valence electrons. The quantitative estimate of drug-likeness (QED) is 0.619. The van der Waals surface area contributed by atoms with Gasteiger partial charge in [0.15, 0.2) is 0 Å². The number of alkyl halides is 1. The van der Waals surface area contributed by atoms with E-state index in [1.54, 1.807) is 0 Å². The van der Waals surface area contributed by atoms with Gasteiger partial charge in [-0.2, -0.15) is 0 Å². The molecule has 1 atom stereocenters. The van der Waals surface area contributed by atoms with Crippen molar-refractivity contribution in [3.05, 3.63) is 30.3 Å². The molecule has 1 aromatic rings. The largest absolute Gasteiger partial charge is 0.256 e. The lowest BCUT2D eigenvalue weighted by Crippen LogP contribution is -2.18. The molecule has 1 aromatic carbocycles. The van der Waals surface area contributed by atoms with Crippen molar-refractivity contribution in [3.63, 3.8) is 0 Å². The molecule has 0 N–H and O–H groups in total. The number of rotatable bonds is 1. The van der Waals surface area contributed by atoms with Crippen molar-refractivity contribution in [2.24, 2.45) is 4.99 Å². The molecule has 1 aliphatic rings. The fourth-order valence-electron chi connectivity index (χ4n) is 1.75. The van der Waals surface area contributed by atoms with Gasteiger partial charge in [-0.1, -0.05) is 24.6 Å². The van der Waals surface area contributed by atoms with Crippen molar-refractivity contribution in [1.82, 2.24) is 0 Å². The first-order chi connectivity index (χ1) is 6.86. The molecule has 1 fully saturated rings. The number of nitrogens with zero attached hydrogens (tertiary/aromatic N) is 1. The van der Waals surface area contributed by atoms with Crippen LogP contribution in [0.2, 0.25) is 0 Å². The van der Waals surface area contributed by atoms with Gasteiger partial charge in [-0.05, 0) is 31.4 Å². The van der Waals surface area contributed by atoms with Crippen LogP contribution in [-0.2, 0) is 0 Å². The standard InChI is InChI=1S/C12H14ClN/c13-11-8-4-5-9-12(11)14-10-6-2-1-3-7-10/h1-3,6-7,11H,4-5,8-9H2. The van der Waals surface area contributed by atoms with Crippen molar-refractivity contribution < 1.29 is 0 Å². The van der Waals surface area contributed by atoms with Gasteiger partial charge >= 0.3 is 0 Å². The van der Waals surface area contributed by atoms with Gasteiger partial charge in [-0.3, -0.25) is 4.99 Å². The molecule has 1 unspecified atom stereocenters. The Morgan fingerprint density at radius 1 is 1.14 bits per heavy atom. The summed E-state index contributed by atoms with van der Waals surface area (Å²) in [7, 11) is 0. The lowest BCUT2D eigenvalue weighted by molar-refractivity contribution is 0.671. The second-order valence-electron chi connectivity index (χ2n) is 3.65. The highest BCUT2D eigenvalue weighted by Gasteiger charge is 2.17. The number of para-hydroxylation sites is 1. The summed E-state index contributed by atoms with van der Waals surface area (Å²) in [5.41, 5.74) is 2.18. The van der Waals surface area contributed by atoms with E-state index in [9.17, 15) is 0 Å². The van der Waals surface area contributed by atoms with E-state index in [-0.39, 0.29) is 5.38 Å². The zero-order valence-electron chi connectivity index (χ0n) is 8.12. The van der Waals surface area contributed by atoms with E-state index >= 15 is 0 Å². The first-order valence-electron chi connectivity index (χ1n) is 5.13. The van der Waals surface area contributed by atoms with E-state index in [0.29, 0.717) is 0 Å². The molecule has 1 nitrogen and oxygen atoms in total. The molecule has 0 aliphatic heterocycles. The van der Waals surface area contributed by atoms with Gasteiger partial charge in [0.25, 0.3) is 0 Å². The molecule has 0 radical (unpaired) electrons. The summed E-state index contributed by atoms with van der Waals surface area (Å²) >= 11 is 6.20. The Bertz CT molecular complexity index is 318. The zero-order chi connectivity index (χ0) is 9.80. The smallest absolute Gasteiger partial charge is 0.0718 e. The molecule has 1 aliphatic carbocycles. The van der Waals surface area contributed by atoms with Crippen LogP contribution < -0.4 is 0 Å². The highest BCUT2D eigenvalue weighted by atomic mass is 35.5. The number of benzene rings is 1. The molecule has 0 bridgehead atoms. The highest BCUT2D eigenvalue weighted by molar-refractivity contribution is 6.32. The predicted octanol–water partition coefficient (Wildman–Crippen LogP) is 3.94. The Morgan fingerprint density at radius 2 is 1.93 bits per heavy atom. The number of aliphatic imine (C=N–C) groups is 1. The average Bonchev–Trinajstić information content (AvgIpc) is 2.23. The zero-order valence-corrected chi connectivity index (χ0v) is 8.87. The Balaban J connectivity index is 2.17. The molecule has 2 heteroatoms. The maximum Gasteiger partial charge on any atom is 0.0718 e. The summed E-state index contributed by atoms with van der Waals surface area (Å²) in [6.45, 7) is 0. The first kappa shape index (κ1) is 9.72. The molecule has 1 saturated carbocycles. The third kappa shape index (κ3) is 2.36. The van der Waals surface area contributed by atoms with E-state index in [1.807, 2.05) is 30.3 Å². The molecule has 2 rings (SSSR count). The number of hydrogen-bond donors (Lipinski definition) is 0. The predicted molar refractivity (Wildman–Crippen MR) is 61.6 cm³/mol. The minimum absolute atomic E-state index is 0.156. The molecule has 0 aromatic heterocycles. The molecule has 0 amide bonds. The second-order valence-corrected chi connectivity index (χ2v) is 4.18. The van der Waals surface area contributed by atoms with Gasteiger partial charge in [-0.25, -0.2) is 0 Å². The Labute approximate surface area is 89.8 Å². The molecule has 0 heterocycles. The van der Waals surface area contributed by atoms with Crippen LogP contribution in [0.1, 0.15) is 25.7 Å². The van der Waals surface area contributed by atoms with E-state index in [2.05, 4.69) is 4.99 Å². The summed E-state index contributed by atoms with van der Waals surface area (Å²) in [6.07, 6.45) is 4.60.